The molecule has 0 saturated heterocycles. The molecule has 1 amide bonds. The first-order valence-corrected chi connectivity index (χ1v) is 10.1. The molecule has 8 heteroatoms. The van der Waals surface area contributed by atoms with Crippen LogP contribution in [-0.4, -0.2) is 42.0 Å². The molecule has 8 nitrogen and oxygen atoms in total. The van der Waals surface area contributed by atoms with Crippen molar-refractivity contribution in [3.63, 3.8) is 0 Å². The zero-order chi connectivity index (χ0) is 22.7. The van der Waals surface area contributed by atoms with E-state index in [4.69, 9.17) is 9.47 Å². The summed E-state index contributed by atoms with van der Waals surface area (Å²) in [5.41, 5.74) is 1.65. The zero-order valence-electron chi connectivity index (χ0n) is 17.8. The quantitative estimate of drug-likeness (QED) is 0.439. The second kappa shape index (κ2) is 8.97. The van der Waals surface area contributed by atoms with Crippen LogP contribution < -0.4 is 15.2 Å². The molecule has 0 atom stereocenters. The number of rotatable bonds is 6. The monoisotopic (exact) mass is 433 g/mol. The molecule has 4 rings (SSSR count). The summed E-state index contributed by atoms with van der Waals surface area (Å²) in [6.45, 7) is 1.06. The molecule has 3 aromatic rings. The van der Waals surface area contributed by atoms with Gasteiger partial charge in [-0.3, -0.25) is 24.1 Å². The summed E-state index contributed by atoms with van der Waals surface area (Å²) >= 11 is 0. The second-order valence-corrected chi connectivity index (χ2v) is 7.41. The summed E-state index contributed by atoms with van der Waals surface area (Å²) in [6.07, 6.45) is 1.57. The highest BCUT2D eigenvalue weighted by molar-refractivity contribution is 5.96. The SMILES string of the molecule is CC(=O)OCOc1c2n(ccc1=O)N(C(c1ccccc1)c1ccccc1)CN(C)C2=O. The number of benzene rings is 2. The summed E-state index contributed by atoms with van der Waals surface area (Å²) in [4.78, 5) is 38.3. The molecule has 2 aromatic carbocycles. The molecule has 0 fully saturated rings. The van der Waals surface area contributed by atoms with Crippen LogP contribution >= 0.6 is 0 Å². The van der Waals surface area contributed by atoms with Crippen molar-refractivity contribution in [2.45, 2.75) is 13.0 Å². The van der Waals surface area contributed by atoms with Gasteiger partial charge < -0.3 is 14.4 Å². The van der Waals surface area contributed by atoms with E-state index in [-0.39, 0.29) is 30.1 Å². The first-order valence-electron chi connectivity index (χ1n) is 10.1. The fourth-order valence-electron chi connectivity index (χ4n) is 3.77. The fraction of sp³-hybridized carbons (Fsp3) is 0.208. The number of hydrogen-bond acceptors (Lipinski definition) is 6. The number of hydrogen-bond donors (Lipinski definition) is 0. The Balaban J connectivity index is 1.86. The van der Waals surface area contributed by atoms with Crippen molar-refractivity contribution in [2.75, 3.05) is 25.5 Å². The van der Waals surface area contributed by atoms with E-state index in [2.05, 4.69) is 0 Å². The number of nitrogens with zero attached hydrogens (tertiary/aromatic N) is 3. The smallest absolute Gasteiger partial charge is 0.305 e. The van der Waals surface area contributed by atoms with Crippen LogP contribution in [0, 0.1) is 0 Å². The lowest BCUT2D eigenvalue weighted by atomic mass is 9.98. The molecule has 1 aromatic heterocycles. The maximum atomic E-state index is 13.1. The Morgan fingerprint density at radius 1 is 0.969 bits per heavy atom. The molecule has 1 aliphatic heterocycles. The molecular weight excluding hydrogens is 410 g/mol. The van der Waals surface area contributed by atoms with Crippen molar-refractivity contribution in [1.29, 1.82) is 0 Å². The predicted molar refractivity (Wildman–Crippen MR) is 118 cm³/mol. The first-order chi connectivity index (χ1) is 15.5. The van der Waals surface area contributed by atoms with Gasteiger partial charge >= 0.3 is 5.97 Å². The van der Waals surface area contributed by atoms with E-state index in [9.17, 15) is 14.4 Å². The first kappa shape index (κ1) is 21.2. The van der Waals surface area contributed by atoms with Gasteiger partial charge in [0.15, 0.2) is 5.69 Å². The molecule has 164 valence electrons. The number of amides is 1. The van der Waals surface area contributed by atoms with E-state index < -0.39 is 18.2 Å². The van der Waals surface area contributed by atoms with Crippen molar-refractivity contribution in [2.24, 2.45) is 0 Å². The summed E-state index contributed by atoms with van der Waals surface area (Å²) < 4.78 is 11.9. The Hall–Kier alpha value is -4.07. The maximum Gasteiger partial charge on any atom is 0.305 e. The lowest BCUT2D eigenvalue weighted by molar-refractivity contribution is -0.147. The normalized spacial score (nSPS) is 13.2. The summed E-state index contributed by atoms with van der Waals surface area (Å²) in [6, 6.07) is 20.9. The van der Waals surface area contributed by atoms with E-state index >= 15 is 0 Å². The highest BCUT2D eigenvalue weighted by Crippen LogP contribution is 2.31. The Bertz CT molecular complexity index is 1140. The third kappa shape index (κ3) is 4.07. The van der Waals surface area contributed by atoms with Crippen LogP contribution in [0.3, 0.4) is 0 Å². The largest absolute Gasteiger partial charge is 0.451 e. The summed E-state index contributed by atoms with van der Waals surface area (Å²) in [5.74, 6) is -1.07. The highest BCUT2D eigenvalue weighted by atomic mass is 16.7. The van der Waals surface area contributed by atoms with Gasteiger partial charge in [0.1, 0.15) is 6.67 Å². The molecule has 0 spiro atoms. The standard InChI is InChI=1S/C24H23N3O5/c1-17(28)31-16-32-23-20(29)13-14-26-22(23)24(30)25(2)15-27(26)21(18-9-5-3-6-10-18)19-11-7-4-8-12-19/h3-14,21H,15-16H2,1-2H3. The lowest BCUT2D eigenvalue weighted by Crippen LogP contribution is -2.54. The number of pyridine rings is 1. The van der Waals surface area contributed by atoms with Crippen molar-refractivity contribution < 1.29 is 19.1 Å². The number of aromatic nitrogens is 1. The van der Waals surface area contributed by atoms with Gasteiger partial charge in [0.25, 0.3) is 5.91 Å². The van der Waals surface area contributed by atoms with Crippen LogP contribution in [0.4, 0.5) is 0 Å². The summed E-state index contributed by atoms with van der Waals surface area (Å²) in [5, 5.41) is 1.99. The van der Waals surface area contributed by atoms with E-state index in [0.29, 0.717) is 0 Å². The van der Waals surface area contributed by atoms with Crippen LogP contribution in [0.5, 0.6) is 5.75 Å². The molecule has 1 aliphatic rings. The van der Waals surface area contributed by atoms with Gasteiger partial charge in [-0.05, 0) is 11.1 Å². The van der Waals surface area contributed by atoms with Crippen LogP contribution in [-0.2, 0) is 9.53 Å². The van der Waals surface area contributed by atoms with Gasteiger partial charge in [-0.25, -0.2) is 0 Å². The van der Waals surface area contributed by atoms with E-state index in [0.717, 1.165) is 11.1 Å². The van der Waals surface area contributed by atoms with Gasteiger partial charge in [-0.1, -0.05) is 60.7 Å². The minimum Gasteiger partial charge on any atom is -0.451 e. The van der Waals surface area contributed by atoms with Crippen molar-refractivity contribution in [1.82, 2.24) is 9.58 Å². The molecule has 0 unspecified atom stereocenters. The zero-order valence-corrected chi connectivity index (χ0v) is 17.8. The predicted octanol–water partition coefficient (Wildman–Crippen LogP) is 2.52. The maximum absolute atomic E-state index is 13.1. The fourth-order valence-corrected chi connectivity index (χ4v) is 3.77. The minimum atomic E-state index is -0.548. The Morgan fingerprint density at radius 3 is 2.12 bits per heavy atom. The Morgan fingerprint density at radius 2 is 1.56 bits per heavy atom. The van der Waals surface area contributed by atoms with Crippen LogP contribution in [0.2, 0.25) is 0 Å². The number of ether oxygens (including phenoxy) is 2. The Labute approximate surface area is 185 Å². The lowest BCUT2D eigenvalue weighted by Gasteiger charge is -2.43. The topological polar surface area (TPSA) is 81.1 Å². The van der Waals surface area contributed by atoms with Gasteiger partial charge in [0.05, 0.1) is 6.04 Å². The van der Waals surface area contributed by atoms with Crippen molar-refractivity contribution in [3.8, 4) is 5.75 Å². The molecule has 0 saturated carbocycles. The van der Waals surface area contributed by atoms with Crippen LogP contribution in [0.15, 0.2) is 77.7 Å². The molecular formula is C24H23N3O5. The molecule has 2 heterocycles. The third-order valence-electron chi connectivity index (χ3n) is 5.21. The minimum absolute atomic E-state index is 0.0789. The number of carbonyl (C=O) groups is 2. The highest BCUT2D eigenvalue weighted by Gasteiger charge is 2.35. The van der Waals surface area contributed by atoms with Crippen LogP contribution in [0.1, 0.15) is 34.6 Å². The number of carbonyl (C=O) groups excluding carboxylic acids is 2. The van der Waals surface area contributed by atoms with Gasteiger partial charge in [0.2, 0.25) is 18.0 Å². The average molecular weight is 433 g/mol. The molecule has 0 radical (unpaired) electrons. The van der Waals surface area contributed by atoms with Crippen molar-refractivity contribution in [3.05, 3.63) is 100.0 Å². The van der Waals surface area contributed by atoms with E-state index in [1.165, 1.54) is 17.9 Å². The van der Waals surface area contributed by atoms with E-state index in [1.54, 1.807) is 17.9 Å². The number of esters is 1. The molecule has 32 heavy (non-hydrogen) atoms. The molecule has 0 bridgehead atoms. The van der Waals surface area contributed by atoms with Gasteiger partial charge in [0, 0.05) is 26.2 Å². The summed E-state index contributed by atoms with van der Waals surface area (Å²) in [7, 11) is 1.67. The Kier molecular flexibility index (Phi) is 5.93. The third-order valence-corrected chi connectivity index (χ3v) is 5.21. The van der Waals surface area contributed by atoms with Crippen molar-refractivity contribution >= 4 is 11.9 Å². The molecule has 0 aliphatic carbocycles. The van der Waals surface area contributed by atoms with E-state index in [1.807, 2.05) is 65.7 Å². The van der Waals surface area contributed by atoms with Crippen LogP contribution in [0.25, 0.3) is 0 Å². The average Bonchev–Trinajstić information content (AvgIpc) is 2.79. The number of fused-ring (bicyclic) bond motifs is 1. The van der Waals surface area contributed by atoms with Gasteiger partial charge in [-0.2, -0.15) is 0 Å². The molecule has 0 N–H and O–H groups in total. The second-order valence-electron chi connectivity index (χ2n) is 7.41. The van der Waals surface area contributed by atoms with Gasteiger partial charge in [-0.15, -0.1) is 0 Å².